The van der Waals surface area contributed by atoms with Crippen molar-refractivity contribution in [2.24, 2.45) is 0 Å². The topological polar surface area (TPSA) is 70.1 Å². The second-order valence-corrected chi connectivity index (χ2v) is 5.67. The lowest BCUT2D eigenvalue weighted by Gasteiger charge is -2.12. The minimum atomic E-state index is -0.452. The van der Waals surface area contributed by atoms with Crippen molar-refractivity contribution in [3.05, 3.63) is 46.4 Å². The van der Waals surface area contributed by atoms with Gasteiger partial charge in [0.25, 0.3) is 0 Å². The quantitative estimate of drug-likeness (QED) is 0.783. The van der Waals surface area contributed by atoms with Crippen LogP contribution >= 0.6 is 11.6 Å². The van der Waals surface area contributed by atoms with Gasteiger partial charge in [0.2, 0.25) is 0 Å². The summed E-state index contributed by atoms with van der Waals surface area (Å²) in [5.41, 5.74) is 7.19. The molecule has 0 bridgehead atoms. The van der Waals surface area contributed by atoms with Crippen molar-refractivity contribution < 1.29 is 9.53 Å². The number of nitrogen functional groups attached to an aromatic ring is 1. The van der Waals surface area contributed by atoms with Gasteiger partial charge in [-0.3, -0.25) is 0 Å². The van der Waals surface area contributed by atoms with Gasteiger partial charge in [0.05, 0.1) is 13.2 Å². The molecule has 0 aliphatic carbocycles. The number of anilines is 1. The first kappa shape index (κ1) is 17.3. The molecule has 0 fully saturated rings. The molecule has 124 valence electrons. The van der Waals surface area contributed by atoms with E-state index in [9.17, 15) is 4.79 Å². The standard InChI is InChI=1S/C17H22ClN3O2/c1-3-5-10-14-20-16(19)15(17(22)23-4-2)21(14)11-12-8-6-7-9-13(12)18/h6-9H,3-5,10-11,19H2,1-2H3. The van der Waals surface area contributed by atoms with E-state index in [1.54, 1.807) is 6.92 Å². The van der Waals surface area contributed by atoms with Crippen molar-refractivity contribution in [1.29, 1.82) is 0 Å². The average molecular weight is 336 g/mol. The van der Waals surface area contributed by atoms with Crippen LogP contribution in [0.4, 0.5) is 5.82 Å². The maximum absolute atomic E-state index is 12.3. The van der Waals surface area contributed by atoms with Crippen molar-refractivity contribution in [3.63, 3.8) is 0 Å². The molecule has 23 heavy (non-hydrogen) atoms. The summed E-state index contributed by atoms with van der Waals surface area (Å²) in [7, 11) is 0. The molecule has 0 saturated heterocycles. The number of aryl methyl sites for hydroxylation is 1. The summed E-state index contributed by atoms with van der Waals surface area (Å²) in [6.45, 7) is 4.61. The Kier molecular flexibility index (Phi) is 6.04. The average Bonchev–Trinajstić information content (AvgIpc) is 2.83. The normalized spacial score (nSPS) is 10.7. The number of hydrogen-bond acceptors (Lipinski definition) is 4. The minimum absolute atomic E-state index is 0.210. The summed E-state index contributed by atoms with van der Waals surface area (Å²) in [5, 5.41) is 0.649. The highest BCUT2D eigenvalue weighted by Crippen LogP contribution is 2.22. The number of esters is 1. The van der Waals surface area contributed by atoms with E-state index in [0.29, 0.717) is 23.9 Å². The van der Waals surface area contributed by atoms with Crippen LogP contribution in [-0.4, -0.2) is 22.1 Å². The highest BCUT2D eigenvalue weighted by atomic mass is 35.5. The number of carbonyl (C=O) groups is 1. The molecule has 5 nitrogen and oxygen atoms in total. The van der Waals surface area contributed by atoms with Crippen LogP contribution in [-0.2, 0) is 17.7 Å². The Morgan fingerprint density at radius 2 is 2.09 bits per heavy atom. The third-order valence-electron chi connectivity index (χ3n) is 3.58. The van der Waals surface area contributed by atoms with Gasteiger partial charge in [0, 0.05) is 11.4 Å². The fourth-order valence-electron chi connectivity index (χ4n) is 2.43. The lowest BCUT2D eigenvalue weighted by molar-refractivity contribution is 0.0515. The smallest absolute Gasteiger partial charge is 0.358 e. The Balaban J connectivity index is 2.44. The van der Waals surface area contributed by atoms with E-state index in [1.165, 1.54) is 0 Å². The van der Waals surface area contributed by atoms with Crippen LogP contribution in [0, 0.1) is 0 Å². The summed E-state index contributed by atoms with van der Waals surface area (Å²) >= 11 is 6.25. The number of nitrogens with zero attached hydrogens (tertiary/aromatic N) is 2. The molecule has 6 heteroatoms. The van der Waals surface area contributed by atoms with Gasteiger partial charge < -0.3 is 15.0 Å². The van der Waals surface area contributed by atoms with Crippen molar-refractivity contribution in [1.82, 2.24) is 9.55 Å². The molecule has 1 aromatic carbocycles. The fraction of sp³-hybridized carbons (Fsp3) is 0.412. The number of imidazole rings is 1. The van der Waals surface area contributed by atoms with Crippen molar-refractivity contribution in [2.75, 3.05) is 12.3 Å². The first-order chi connectivity index (χ1) is 11.1. The Bertz CT molecular complexity index is 682. The zero-order valence-corrected chi connectivity index (χ0v) is 14.3. The van der Waals surface area contributed by atoms with Gasteiger partial charge >= 0.3 is 5.97 Å². The predicted octanol–water partition coefficient (Wildman–Crippen LogP) is 3.69. The molecule has 2 rings (SSSR count). The molecule has 1 aromatic heterocycles. The number of nitrogens with two attached hydrogens (primary N) is 1. The second kappa shape index (κ2) is 8.02. The lowest BCUT2D eigenvalue weighted by Crippen LogP contribution is -2.16. The summed E-state index contributed by atoms with van der Waals surface area (Å²) in [4.78, 5) is 16.6. The number of aromatic nitrogens is 2. The van der Waals surface area contributed by atoms with E-state index < -0.39 is 5.97 Å². The number of unbranched alkanes of at least 4 members (excludes halogenated alkanes) is 1. The Hall–Kier alpha value is -2.01. The lowest BCUT2D eigenvalue weighted by atomic mass is 10.2. The third-order valence-corrected chi connectivity index (χ3v) is 3.95. The molecular weight excluding hydrogens is 314 g/mol. The highest BCUT2D eigenvalue weighted by molar-refractivity contribution is 6.31. The molecule has 0 aliphatic rings. The van der Waals surface area contributed by atoms with Gasteiger partial charge in [-0.2, -0.15) is 0 Å². The van der Waals surface area contributed by atoms with Gasteiger partial charge in [-0.1, -0.05) is 43.1 Å². The number of hydrogen-bond donors (Lipinski definition) is 1. The van der Waals surface area contributed by atoms with E-state index in [0.717, 1.165) is 30.7 Å². The van der Waals surface area contributed by atoms with Crippen molar-refractivity contribution in [3.8, 4) is 0 Å². The monoisotopic (exact) mass is 335 g/mol. The molecule has 0 unspecified atom stereocenters. The highest BCUT2D eigenvalue weighted by Gasteiger charge is 2.22. The Labute approximate surface area is 141 Å². The van der Waals surface area contributed by atoms with Gasteiger partial charge in [-0.05, 0) is 25.0 Å². The van der Waals surface area contributed by atoms with Crippen LogP contribution in [0.3, 0.4) is 0 Å². The first-order valence-corrected chi connectivity index (χ1v) is 8.21. The van der Waals surface area contributed by atoms with Gasteiger partial charge in [0.1, 0.15) is 5.82 Å². The minimum Gasteiger partial charge on any atom is -0.461 e. The maximum Gasteiger partial charge on any atom is 0.358 e. The number of halogens is 1. The molecule has 0 radical (unpaired) electrons. The number of carbonyl (C=O) groups excluding carboxylic acids is 1. The van der Waals surface area contributed by atoms with E-state index in [-0.39, 0.29) is 5.82 Å². The van der Waals surface area contributed by atoms with Crippen LogP contribution in [0.15, 0.2) is 24.3 Å². The van der Waals surface area contributed by atoms with Crippen LogP contribution in [0.25, 0.3) is 0 Å². The molecule has 2 aromatic rings. The van der Waals surface area contributed by atoms with Crippen LogP contribution in [0.2, 0.25) is 5.02 Å². The number of rotatable bonds is 7. The maximum atomic E-state index is 12.3. The SMILES string of the molecule is CCCCc1nc(N)c(C(=O)OCC)n1Cc1ccccc1Cl. The summed E-state index contributed by atoms with van der Waals surface area (Å²) in [6.07, 6.45) is 2.76. The van der Waals surface area contributed by atoms with Gasteiger partial charge in [-0.15, -0.1) is 0 Å². The molecule has 0 spiro atoms. The van der Waals surface area contributed by atoms with E-state index in [2.05, 4.69) is 11.9 Å². The largest absolute Gasteiger partial charge is 0.461 e. The number of ether oxygens (including phenoxy) is 1. The summed E-state index contributed by atoms with van der Waals surface area (Å²) < 4.78 is 6.95. The first-order valence-electron chi connectivity index (χ1n) is 7.83. The number of benzene rings is 1. The summed E-state index contributed by atoms with van der Waals surface area (Å²) in [6, 6.07) is 7.54. The van der Waals surface area contributed by atoms with E-state index >= 15 is 0 Å². The molecule has 2 N–H and O–H groups in total. The van der Waals surface area contributed by atoms with E-state index in [4.69, 9.17) is 22.1 Å². The fourth-order valence-corrected chi connectivity index (χ4v) is 2.62. The Morgan fingerprint density at radius 1 is 1.35 bits per heavy atom. The third kappa shape index (κ3) is 4.05. The predicted molar refractivity (Wildman–Crippen MR) is 91.8 cm³/mol. The van der Waals surface area contributed by atoms with Gasteiger partial charge in [-0.25, -0.2) is 9.78 Å². The van der Waals surface area contributed by atoms with Crippen molar-refractivity contribution >= 4 is 23.4 Å². The molecule has 0 saturated carbocycles. The summed E-state index contributed by atoms with van der Waals surface area (Å²) in [5.74, 6) is 0.543. The Morgan fingerprint density at radius 3 is 2.74 bits per heavy atom. The van der Waals surface area contributed by atoms with Crippen molar-refractivity contribution in [2.45, 2.75) is 39.7 Å². The van der Waals surface area contributed by atoms with Gasteiger partial charge in [0.15, 0.2) is 11.5 Å². The molecule has 0 atom stereocenters. The molecular formula is C17H22ClN3O2. The van der Waals surface area contributed by atoms with E-state index in [1.807, 2.05) is 28.8 Å². The molecule has 0 amide bonds. The van der Waals surface area contributed by atoms with Crippen LogP contribution < -0.4 is 5.73 Å². The van der Waals surface area contributed by atoms with Crippen LogP contribution in [0.1, 0.15) is 48.6 Å². The zero-order valence-electron chi connectivity index (χ0n) is 13.5. The molecule has 1 heterocycles. The second-order valence-electron chi connectivity index (χ2n) is 5.26. The molecule has 0 aliphatic heterocycles. The van der Waals surface area contributed by atoms with Crippen LogP contribution in [0.5, 0.6) is 0 Å². The zero-order chi connectivity index (χ0) is 16.8.